The van der Waals surface area contributed by atoms with E-state index in [1.54, 1.807) is 11.8 Å². The van der Waals surface area contributed by atoms with Gasteiger partial charge in [-0.05, 0) is 63.8 Å². The molecule has 0 aliphatic carbocycles. The number of rotatable bonds is 9. The molecule has 2 aromatic rings. The third-order valence-electron chi connectivity index (χ3n) is 5.34. The minimum absolute atomic E-state index is 0.0578. The zero-order valence-corrected chi connectivity index (χ0v) is 19.0. The van der Waals surface area contributed by atoms with E-state index in [4.69, 9.17) is 4.74 Å². The van der Waals surface area contributed by atoms with Gasteiger partial charge in [0.1, 0.15) is 11.8 Å². The van der Waals surface area contributed by atoms with E-state index in [0.717, 1.165) is 28.7 Å². The van der Waals surface area contributed by atoms with Gasteiger partial charge < -0.3 is 15.0 Å². The van der Waals surface area contributed by atoms with Crippen molar-refractivity contribution in [3.05, 3.63) is 64.7 Å². The second-order valence-electron chi connectivity index (χ2n) is 8.06. The predicted octanol–water partition coefficient (Wildman–Crippen LogP) is 4.32. The Morgan fingerprint density at radius 3 is 2.27 bits per heavy atom. The number of nitrogens with one attached hydrogen (secondary N) is 1. The predicted molar refractivity (Wildman–Crippen MR) is 120 cm³/mol. The van der Waals surface area contributed by atoms with Crippen LogP contribution in [0.2, 0.25) is 0 Å². The summed E-state index contributed by atoms with van der Waals surface area (Å²) in [6.45, 7) is 11.9. The van der Waals surface area contributed by atoms with Gasteiger partial charge in [0.05, 0.1) is 0 Å². The van der Waals surface area contributed by atoms with E-state index in [-0.39, 0.29) is 24.5 Å². The maximum Gasteiger partial charge on any atom is 0.261 e. The fraction of sp³-hybridized carbons (Fsp3) is 0.440. The van der Waals surface area contributed by atoms with E-state index < -0.39 is 6.04 Å². The molecule has 0 bridgehead atoms. The second-order valence-corrected chi connectivity index (χ2v) is 8.06. The fourth-order valence-electron chi connectivity index (χ4n) is 3.02. The summed E-state index contributed by atoms with van der Waals surface area (Å²) >= 11 is 0. The van der Waals surface area contributed by atoms with Crippen LogP contribution < -0.4 is 10.1 Å². The van der Waals surface area contributed by atoms with Crippen LogP contribution in [0, 0.1) is 20.8 Å². The van der Waals surface area contributed by atoms with Crippen LogP contribution in [-0.4, -0.2) is 35.4 Å². The zero-order chi connectivity index (χ0) is 22.3. The Morgan fingerprint density at radius 2 is 1.63 bits per heavy atom. The summed E-state index contributed by atoms with van der Waals surface area (Å²) in [5.74, 6) is 0.315. The van der Waals surface area contributed by atoms with Crippen LogP contribution in [0.25, 0.3) is 0 Å². The van der Waals surface area contributed by atoms with Gasteiger partial charge in [-0.1, -0.05) is 48.9 Å². The number of hydrogen-bond acceptors (Lipinski definition) is 3. The molecule has 2 amide bonds. The Labute approximate surface area is 180 Å². The van der Waals surface area contributed by atoms with Gasteiger partial charge in [0.2, 0.25) is 5.91 Å². The lowest BCUT2D eigenvalue weighted by Crippen LogP contribution is -2.50. The van der Waals surface area contributed by atoms with Crippen molar-refractivity contribution in [2.75, 3.05) is 6.61 Å². The smallest absolute Gasteiger partial charge is 0.261 e. The SMILES string of the molecule is CC[C@@H](C)NC(=O)[C@@H](C)N(Cc1ccc(C)cc1)C(=O)COc1cc(C)ccc1C. The molecule has 0 aliphatic rings. The Balaban J connectivity index is 2.17. The molecule has 0 saturated carbocycles. The molecule has 0 aromatic heterocycles. The summed E-state index contributed by atoms with van der Waals surface area (Å²) < 4.78 is 5.83. The van der Waals surface area contributed by atoms with E-state index in [9.17, 15) is 9.59 Å². The molecule has 5 heteroatoms. The lowest BCUT2D eigenvalue weighted by Gasteiger charge is -2.29. The number of benzene rings is 2. The summed E-state index contributed by atoms with van der Waals surface area (Å²) in [4.78, 5) is 27.4. The van der Waals surface area contributed by atoms with Gasteiger partial charge in [-0.25, -0.2) is 0 Å². The molecule has 1 N–H and O–H groups in total. The Kier molecular flexibility index (Phi) is 8.46. The topological polar surface area (TPSA) is 58.6 Å². The molecule has 0 aliphatic heterocycles. The van der Waals surface area contributed by atoms with Crippen molar-refractivity contribution in [1.82, 2.24) is 10.2 Å². The van der Waals surface area contributed by atoms with Crippen LogP contribution >= 0.6 is 0 Å². The van der Waals surface area contributed by atoms with Gasteiger partial charge in [0, 0.05) is 12.6 Å². The van der Waals surface area contributed by atoms with E-state index in [0.29, 0.717) is 12.3 Å². The standard InChI is InChI=1S/C25H34N2O3/c1-7-20(5)26-25(29)21(6)27(15-22-12-9-17(2)10-13-22)24(28)16-30-23-14-18(3)8-11-19(23)4/h8-14,20-21H,7,15-16H2,1-6H3,(H,26,29)/t20-,21-/m1/s1. The van der Waals surface area contributed by atoms with Crippen LogP contribution in [0.5, 0.6) is 5.75 Å². The lowest BCUT2D eigenvalue weighted by molar-refractivity contribution is -0.142. The van der Waals surface area contributed by atoms with Gasteiger partial charge in [0.25, 0.3) is 5.91 Å². The number of hydrogen-bond donors (Lipinski definition) is 1. The average Bonchev–Trinajstić information content (AvgIpc) is 2.73. The first kappa shape index (κ1) is 23.5. The van der Waals surface area contributed by atoms with Gasteiger partial charge >= 0.3 is 0 Å². The highest BCUT2D eigenvalue weighted by Gasteiger charge is 2.27. The first-order valence-corrected chi connectivity index (χ1v) is 10.6. The first-order chi connectivity index (χ1) is 14.2. The summed E-state index contributed by atoms with van der Waals surface area (Å²) in [5, 5.41) is 2.98. The number of ether oxygens (including phenoxy) is 1. The normalized spacial score (nSPS) is 12.7. The molecular formula is C25H34N2O3. The van der Waals surface area contributed by atoms with Crippen LogP contribution in [0.15, 0.2) is 42.5 Å². The molecule has 0 spiro atoms. The quantitative estimate of drug-likeness (QED) is 0.670. The van der Waals surface area contributed by atoms with Crippen molar-refractivity contribution in [3.63, 3.8) is 0 Å². The van der Waals surface area contributed by atoms with E-state index in [1.807, 2.05) is 77.1 Å². The highest BCUT2D eigenvalue weighted by molar-refractivity contribution is 5.88. The van der Waals surface area contributed by atoms with Crippen molar-refractivity contribution in [1.29, 1.82) is 0 Å². The molecule has 5 nitrogen and oxygen atoms in total. The number of amides is 2. The molecule has 0 radical (unpaired) electrons. The molecule has 2 aromatic carbocycles. The zero-order valence-electron chi connectivity index (χ0n) is 19.0. The van der Waals surface area contributed by atoms with Crippen molar-refractivity contribution in [2.45, 2.75) is 66.6 Å². The van der Waals surface area contributed by atoms with Gasteiger partial charge in [-0.3, -0.25) is 9.59 Å². The van der Waals surface area contributed by atoms with E-state index in [2.05, 4.69) is 5.32 Å². The number of aryl methyl sites for hydroxylation is 3. The largest absolute Gasteiger partial charge is 0.483 e. The van der Waals surface area contributed by atoms with Crippen LogP contribution in [0.1, 0.15) is 49.4 Å². The van der Waals surface area contributed by atoms with E-state index in [1.165, 1.54) is 0 Å². The minimum atomic E-state index is -0.602. The van der Waals surface area contributed by atoms with Crippen molar-refractivity contribution >= 4 is 11.8 Å². The molecule has 2 rings (SSSR count). The molecule has 2 atom stereocenters. The molecule has 0 fully saturated rings. The third kappa shape index (κ3) is 6.61. The Bertz CT molecular complexity index is 861. The number of carbonyl (C=O) groups excluding carboxylic acids is 2. The molecule has 162 valence electrons. The maximum atomic E-state index is 13.1. The Morgan fingerprint density at radius 1 is 1.00 bits per heavy atom. The monoisotopic (exact) mass is 410 g/mol. The summed E-state index contributed by atoms with van der Waals surface area (Å²) in [6.07, 6.45) is 0.833. The highest BCUT2D eigenvalue weighted by Crippen LogP contribution is 2.19. The van der Waals surface area contributed by atoms with Crippen LogP contribution in [-0.2, 0) is 16.1 Å². The molecule has 0 saturated heterocycles. The van der Waals surface area contributed by atoms with Crippen molar-refractivity contribution < 1.29 is 14.3 Å². The fourth-order valence-corrected chi connectivity index (χ4v) is 3.02. The number of carbonyl (C=O) groups is 2. The molecule has 30 heavy (non-hydrogen) atoms. The van der Waals surface area contributed by atoms with Gasteiger partial charge in [-0.2, -0.15) is 0 Å². The number of nitrogens with zero attached hydrogens (tertiary/aromatic N) is 1. The molecule has 0 unspecified atom stereocenters. The maximum absolute atomic E-state index is 13.1. The average molecular weight is 411 g/mol. The van der Waals surface area contributed by atoms with Gasteiger partial charge in [0.15, 0.2) is 6.61 Å². The second kappa shape index (κ2) is 10.8. The summed E-state index contributed by atoms with van der Waals surface area (Å²) in [6, 6.07) is 13.4. The molecule has 0 heterocycles. The highest BCUT2D eigenvalue weighted by atomic mass is 16.5. The van der Waals surface area contributed by atoms with Crippen LogP contribution in [0.4, 0.5) is 0 Å². The van der Waals surface area contributed by atoms with Gasteiger partial charge in [-0.15, -0.1) is 0 Å². The summed E-state index contributed by atoms with van der Waals surface area (Å²) in [5.41, 5.74) is 4.17. The lowest BCUT2D eigenvalue weighted by atomic mass is 10.1. The van der Waals surface area contributed by atoms with E-state index >= 15 is 0 Å². The summed E-state index contributed by atoms with van der Waals surface area (Å²) in [7, 11) is 0. The Hall–Kier alpha value is -2.82. The minimum Gasteiger partial charge on any atom is -0.483 e. The molecular weight excluding hydrogens is 376 g/mol. The van der Waals surface area contributed by atoms with Crippen molar-refractivity contribution in [2.24, 2.45) is 0 Å². The third-order valence-corrected chi connectivity index (χ3v) is 5.34. The first-order valence-electron chi connectivity index (χ1n) is 10.6. The van der Waals surface area contributed by atoms with Crippen LogP contribution in [0.3, 0.4) is 0 Å². The van der Waals surface area contributed by atoms with Crippen molar-refractivity contribution in [3.8, 4) is 5.75 Å².